The molecular weight excluding hydrogens is 408 g/mol. The van der Waals surface area contributed by atoms with E-state index in [-0.39, 0.29) is 17.3 Å². The van der Waals surface area contributed by atoms with Crippen LogP contribution in [0.5, 0.6) is 11.5 Å². The van der Waals surface area contributed by atoms with E-state index in [1.54, 1.807) is 6.92 Å². The van der Waals surface area contributed by atoms with Crippen molar-refractivity contribution >= 4 is 24.0 Å². The predicted octanol–water partition coefficient (Wildman–Crippen LogP) is 2.76. The second kappa shape index (κ2) is 10.7. The Kier molecular flexibility index (Phi) is 8.01. The molecule has 1 aliphatic rings. The Labute approximate surface area is 177 Å². The lowest BCUT2D eigenvalue weighted by Crippen LogP contribution is -2.32. The number of aromatic hydroxyl groups is 2. The molecule has 0 spiro atoms. The lowest BCUT2D eigenvalue weighted by Gasteiger charge is -2.13. The monoisotopic (exact) mass is 430 g/mol. The summed E-state index contributed by atoms with van der Waals surface area (Å²) in [6, 6.07) is 3.88. The smallest absolute Gasteiger partial charge is 0.348 e. The zero-order valence-corrected chi connectivity index (χ0v) is 16.6. The molecule has 164 valence electrons. The van der Waals surface area contributed by atoms with Gasteiger partial charge < -0.3 is 29.9 Å². The van der Waals surface area contributed by atoms with Gasteiger partial charge in [0.2, 0.25) is 6.10 Å². The molecule has 0 aromatic heterocycles. The van der Waals surface area contributed by atoms with Crippen molar-refractivity contribution in [3.05, 3.63) is 65.0 Å². The number of hydrogen-bond donors (Lipinski definition) is 4. The van der Waals surface area contributed by atoms with E-state index in [9.17, 15) is 29.7 Å². The molecular formula is C22H22O9. The first-order valence-electron chi connectivity index (χ1n) is 9.23. The van der Waals surface area contributed by atoms with Crippen LogP contribution in [0.2, 0.25) is 0 Å². The zero-order chi connectivity index (χ0) is 23.0. The van der Waals surface area contributed by atoms with E-state index in [0.717, 1.165) is 17.7 Å². The van der Waals surface area contributed by atoms with Crippen molar-refractivity contribution in [2.75, 3.05) is 6.61 Å². The molecule has 0 radical (unpaired) electrons. The van der Waals surface area contributed by atoms with Crippen LogP contribution in [-0.2, 0) is 23.9 Å². The Bertz CT molecular complexity index is 983. The van der Waals surface area contributed by atoms with Crippen LogP contribution in [0.15, 0.2) is 59.4 Å². The molecule has 0 amide bonds. The second-order valence-corrected chi connectivity index (χ2v) is 6.69. The number of hydrogen-bond acceptors (Lipinski definition) is 8. The summed E-state index contributed by atoms with van der Waals surface area (Å²) < 4.78 is 9.60. The average molecular weight is 430 g/mol. The SMILES string of the molecule is CC1=C(O)C=C(/C=C/C(=O)O[C@@H](COC(=O)/C=C/c2ccc(O)c(O)c2)C(=O)O)CC1. The lowest BCUT2D eigenvalue weighted by molar-refractivity contribution is -0.167. The lowest BCUT2D eigenvalue weighted by atomic mass is 9.98. The first-order valence-corrected chi connectivity index (χ1v) is 9.23. The van der Waals surface area contributed by atoms with Gasteiger partial charge in [0.05, 0.1) is 0 Å². The van der Waals surface area contributed by atoms with E-state index in [4.69, 9.17) is 14.6 Å². The third-order valence-corrected chi connectivity index (χ3v) is 4.30. The van der Waals surface area contributed by atoms with Gasteiger partial charge in [-0.25, -0.2) is 14.4 Å². The molecule has 0 saturated carbocycles. The van der Waals surface area contributed by atoms with Crippen molar-refractivity contribution in [2.45, 2.75) is 25.9 Å². The molecule has 1 atom stereocenters. The van der Waals surface area contributed by atoms with Gasteiger partial charge in [0.1, 0.15) is 12.4 Å². The fourth-order valence-corrected chi connectivity index (χ4v) is 2.49. The summed E-state index contributed by atoms with van der Waals surface area (Å²) >= 11 is 0. The summed E-state index contributed by atoms with van der Waals surface area (Å²) in [5.41, 5.74) is 1.92. The number of esters is 2. The molecule has 0 fully saturated rings. The molecule has 0 bridgehead atoms. The van der Waals surface area contributed by atoms with Crippen LogP contribution >= 0.6 is 0 Å². The van der Waals surface area contributed by atoms with Gasteiger partial charge in [-0.2, -0.15) is 0 Å². The maximum atomic E-state index is 11.9. The van der Waals surface area contributed by atoms with Crippen molar-refractivity contribution in [1.29, 1.82) is 0 Å². The number of phenols is 2. The third-order valence-electron chi connectivity index (χ3n) is 4.30. The largest absolute Gasteiger partial charge is 0.508 e. The molecule has 0 unspecified atom stereocenters. The fourth-order valence-electron chi connectivity index (χ4n) is 2.49. The number of allylic oxidation sites excluding steroid dienone is 4. The standard InChI is InChI=1S/C22H22O9/c1-13-2-3-14(10-17(13)24)6-9-21(27)31-19(22(28)29)12-30-20(26)8-5-15-4-7-16(23)18(25)11-15/h4-11,19,23-25H,2-3,12H2,1H3,(H,28,29)/b8-5+,9-6+/t19-/m0/s1. The maximum Gasteiger partial charge on any atom is 0.348 e. The minimum atomic E-state index is -1.71. The minimum Gasteiger partial charge on any atom is -0.508 e. The highest BCUT2D eigenvalue weighted by Crippen LogP contribution is 2.25. The van der Waals surface area contributed by atoms with E-state index in [1.165, 1.54) is 36.4 Å². The quantitative estimate of drug-likeness (QED) is 0.277. The van der Waals surface area contributed by atoms with Gasteiger partial charge >= 0.3 is 17.9 Å². The van der Waals surface area contributed by atoms with Crippen LogP contribution in [0.1, 0.15) is 25.3 Å². The van der Waals surface area contributed by atoms with E-state index >= 15 is 0 Å². The number of carboxylic acids is 1. The number of phenolic OH excluding ortho intramolecular Hbond substituents is 2. The maximum absolute atomic E-state index is 11.9. The fraction of sp³-hybridized carbons (Fsp3) is 0.227. The van der Waals surface area contributed by atoms with Crippen molar-refractivity contribution < 1.29 is 44.3 Å². The predicted molar refractivity (Wildman–Crippen MR) is 109 cm³/mol. The second-order valence-electron chi connectivity index (χ2n) is 6.69. The van der Waals surface area contributed by atoms with Gasteiger partial charge in [-0.05, 0) is 60.8 Å². The van der Waals surface area contributed by atoms with Crippen LogP contribution in [-0.4, -0.2) is 51.0 Å². The summed E-state index contributed by atoms with van der Waals surface area (Å²) in [7, 11) is 0. The number of aliphatic carboxylic acids is 1. The van der Waals surface area contributed by atoms with E-state index in [0.29, 0.717) is 24.0 Å². The van der Waals surface area contributed by atoms with Gasteiger partial charge in [-0.1, -0.05) is 12.1 Å². The van der Waals surface area contributed by atoms with Crippen LogP contribution in [0.4, 0.5) is 0 Å². The zero-order valence-electron chi connectivity index (χ0n) is 16.6. The van der Waals surface area contributed by atoms with Crippen LogP contribution < -0.4 is 0 Å². The summed E-state index contributed by atoms with van der Waals surface area (Å²) in [6.45, 7) is 1.09. The van der Waals surface area contributed by atoms with Crippen molar-refractivity contribution in [3.63, 3.8) is 0 Å². The molecule has 1 aromatic rings. The molecule has 1 aromatic carbocycles. The summed E-state index contributed by atoms with van der Waals surface area (Å²) in [5, 5.41) is 37.5. The van der Waals surface area contributed by atoms with E-state index in [1.807, 2.05) is 0 Å². The topological polar surface area (TPSA) is 151 Å². The molecule has 2 rings (SSSR count). The Hall–Kier alpha value is -4.01. The Morgan fingerprint density at radius 3 is 2.39 bits per heavy atom. The molecule has 0 heterocycles. The molecule has 4 N–H and O–H groups in total. The van der Waals surface area contributed by atoms with Crippen molar-refractivity contribution in [3.8, 4) is 11.5 Å². The van der Waals surface area contributed by atoms with Crippen LogP contribution in [0.3, 0.4) is 0 Å². The normalized spacial score (nSPS) is 15.1. The van der Waals surface area contributed by atoms with Gasteiger partial charge in [0, 0.05) is 12.2 Å². The molecule has 31 heavy (non-hydrogen) atoms. The molecule has 1 aliphatic carbocycles. The highest BCUT2D eigenvalue weighted by molar-refractivity contribution is 5.88. The first-order chi connectivity index (χ1) is 14.7. The van der Waals surface area contributed by atoms with Gasteiger partial charge in [0.15, 0.2) is 11.5 Å². The summed E-state index contributed by atoms with van der Waals surface area (Å²) in [5.74, 6) is -3.88. The Morgan fingerprint density at radius 1 is 1.03 bits per heavy atom. The highest BCUT2D eigenvalue weighted by atomic mass is 16.6. The number of carboxylic acid groups (broad SMARTS) is 1. The molecule has 0 aliphatic heterocycles. The van der Waals surface area contributed by atoms with E-state index < -0.39 is 30.6 Å². The highest BCUT2D eigenvalue weighted by Gasteiger charge is 2.23. The summed E-state index contributed by atoms with van der Waals surface area (Å²) in [6.07, 6.45) is 5.80. The molecule has 9 heteroatoms. The van der Waals surface area contributed by atoms with Crippen molar-refractivity contribution in [1.82, 2.24) is 0 Å². The number of carbonyl (C=O) groups is 3. The third kappa shape index (κ3) is 7.39. The van der Waals surface area contributed by atoms with Gasteiger partial charge in [0.25, 0.3) is 0 Å². The summed E-state index contributed by atoms with van der Waals surface area (Å²) in [4.78, 5) is 34.9. The van der Waals surface area contributed by atoms with Crippen LogP contribution in [0.25, 0.3) is 6.08 Å². The molecule has 9 nitrogen and oxygen atoms in total. The number of benzene rings is 1. The minimum absolute atomic E-state index is 0.130. The van der Waals surface area contributed by atoms with Gasteiger partial charge in [-0.3, -0.25) is 0 Å². The van der Waals surface area contributed by atoms with Gasteiger partial charge in [-0.15, -0.1) is 0 Å². The van der Waals surface area contributed by atoms with Crippen molar-refractivity contribution in [2.24, 2.45) is 0 Å². The Balaban J connectivity index is 1.88. The number of ether oxygens (including phenoxy) is 2. The Morgan fingerprint density at radius 2 is 1.74 bits per heavy atom. The number of aliphatic hydroxyl groups excluding tert-OH is 1. The first kappa shape index (κ1) is 23.3. The van der Waals surface area contributed by atoms with Crippen LogP contribution in [0, 0.1) is 0 Å². The van der Waals surface area contributed by atoms with E-state index in [2.05, 4.69) is 0 Å². The number of aliphatic hydroxyl groups is 1. The number of carbonyl (C=O) groups excluding carboxylic acids is 2. The number of rotatable bonds is 8. The average Bonchev–Trinajstić information content (AvgIpc) is 2.72. The molecule has 0 saturated heterocycles.